The van der Waals surface area contributed by atoms with Crippen molar-refractivity contribution in [3.8, 4) is 0 Å². The van der Waals surface area contributed by atoms with Gasteiger partial charge in [0.1, 0.15) is 0 Å². The average Bonchev–Trinajstić information content (AvgIpc) is 2.46. The minimum absolute atomic E-state index is 0.604. The van der Waals surface area contributed by atoms with E-state index in [4.69, 9.17) is 0 Å². The summed E-state index contributed by atoms with van der Waals surface area (Å²) in [7, 11) is 0. The van der Waals surface area contributed by atoms with Crippen LogP contribution in [0.3, 0.4) is 0 Å². The summed E-state index contributed by atoms with van der Waals surface area (Å²) >= 11 is 0. The van der Waals surface area contributed by atoms with E-state index in [9.17, 15) is 0 Å². The van der Waals surface area contributed by atoms with Crippen molar-refractivity contribution in [3.63, 3.8) is 0 Å². The maximum atomic E-state index is 4.15. The highest BCUT2D eigenvalue weighted by Crippen LogP contribution is 2.08. The van der Waals surface area contributed by atoms with Gasteiger partial charge in [-0.2, -0.15) is 0 Å². The zero-order valence-electron chi connectivity index (χ0n) is 12.1. The molecule has 19 heavy (non-hydrogen) atoms. The molecule has 2 heterocycles. The first-order chi connectivity index (χ1) is 9.34. The van der Waals surface area contributed by atoms with Gasteiger partial charge in [0.15, 0.2) is 0 Å². The Morgan fingerprint density at radius 1 is 1.32 bits per heavy atom. The van der Waals surface area contributed by atoms with Crippen LogP contribution in [-0.2, 0) is 6.42 Å². The molecule has 1 fully saturated rings. The molecule has 1 aliphatic rings. The number of nitrogens with one attached hydrogen (secondary N) is 1. The maximum absolute atomic E-state index is 4.15. The van der Waals surface area contributed by atoms with Gasteiger partial charge in [-0.25, -0.2) is 0 Å². The molecule has 0 aromatic carbocycles. The third-order valence-electron chi connectivity index (χ3n) is 3.84. The maximum Gasteiger partial charge on any atom is 0.0299 e. The summed E-state index contributed by atoms with van der Waals surface area (Å²) in [6.45, 7) is 7.19. The second-order valence-electron chi connectivity index (χ2n) is 5.68. The molecule has 106 valence electrons. The molecule has 0 aliphatic carbocycles. The number of hydrogen-bond donors (Lipinski definition) is 1. The summed E-state index contributed by atoms with van der Waals surface area (Å²) in [4.78, 5) is 6.75. The normalized spacial score (nSPS) is 18.4. The SMILES string of the molecule is CC(CN1CCCCC1)NCCCc1cccnc1. The van der Waals surface area contributed by atoms with Gasteiger partial charge in [-0.15, -0.1) is 0 Å². The molecule has 0 bridgehead atoms. The second-order valence-corrected chi connectivity index (χ2v) is 5.68. The van der Waals surface area contributed by atoms with E-state index >= 15 is 0 Å². The Kier molecular flexibility index (Phi) is 6.31. The molecule has 1 N–H and O–H groups in total. The molecular formula is C16H27N3. The van der Waals surface area contributed by atoms with Gasteiger partial charge in [0.25, 0.3) is 0 Å². The Morgan fingerprint density at radius 3 is 2.89 bits per heavy atom. The highest BCUT2D eigenvalue weighted by Gasteiger charge is 2.12. The Hall–Kier alpha value is -0.930. The van der Waals surface area contributed by atoms with Gasteiger partial charge in [0, 0.05) is 25.0 Å². The van der Waals surface area contributed by atoms with Gasteiger partial charge >= 0.3 is 0 Å². The van der Waals surface area contributed by atoms with Crippen molar-refractivity contribution < 1.29 is 0 Å². The molecule has 1 saturated heterocycles. The zero-order valence-corrected chi connectivity index (χ0v) is 12.1. The van der Waals surface area contributed by atoms with Crippen molar-refractivity contribution >= 4 is 0 Å². The van der Waals surface area contributed by atoms with Gasteiger partial charge in [-0.1, -0.05) is 12.5 Å². The van der Waals surface area contributed by atoms with E-state index < -0.39 is 0 Å². The molecular weight excluding hydrogens is 234 g/mol. The standard InChI is InChI=1S/C16H27N3/c1-15(14-19-11-3-2-4-12-19)18-10-6-8-16-7-5-9-17-13-16/h5,7,9,13,15,18H,2-4,6,8,10-12,14H2,1H3. The predicted octanol–water partition coefficient (Wildman–Crippen LogP) is 2.48. The zero-order chi connectivity index (χ0) is 13.3. The van der Waals surface area contributed by atoms with E-state index in [-0.39, 0.29) is 0 Å². The molecule has 3 heteroatoms. The van der Waals surface area contributed by atoms with E-state index in [1.807, 2.05) is 18.5 Å². The van der Waals surface area contributed by atoms with E-state index in [0.29, 0.717) is 6.04 Å². The first-order valence-corrected chi connectivity index (χ1v) is 7.69. The number of piperidine rings is 1. The summed E-state index contributed by atoms with van der Waals surface area (Å²) in [5, 5.41) is 3.64. The van der Waals surface area contributed by atoms with Gasteiger partial charge in [0.2, 0.25) is 0 Å². The lowest BCUT2D eigenvalue weighted by atomic mass is 10.1. The molecule has 0 amide bonds. The van der Waals surface area contributed by atoms with Crippen LogP contribution in [0.25, 0.3) is 0 Å². The number of nitrogens with zero attached hydrogens (tertiary/aromatic N) is 2. The highest BCUT2D eigenvalue weighted by atomic mass is 15.1. The van der Waals surface area contributed by atoms with Crippen LogP contribution >= 0.6 is 0 Å². The lowest BCUT2D eigenvalue weighted by molar-refractivity contribution is 0.209. The van der Waals surface area contributed by atoms with E-state index in [1.54, 1.807) is 0 Å². The van der Waals surface area contributed by atoms with Gasteiger partial charge in [-0.05, 0) is 63.9 Å². The quantitative estimate of drug-likeness (QED) is 0.764. The van der Waals surface area contributed by atoms with Gasteiger partial charge < -0.3 is 10.2 Å². The number of pyridine rings is 1. The predicted molar refractivity (Wildman–Crippen MR) is 80.3 cm³/mol. The van der Waals surface area contributed by atoms with Crippen LogP contribution in [0.15, 0.2) is 24.5 Å². The number of likely N-dealkylation sites (tertiary alicyclic amines) is 1. The number of hydrogen-bond acceptors (Lipinski definition) is 3. The van der Waals surface area contributed by atoms with Crippen molar-refractivity contribution in [2.75, 3.05) is 26.2 Å². The molecule has 1 aliphatic heterocycles. The summed E-state index contributed by atoms with van der Waals surface area (Å²) in [5.74, 6) is 0. The van der Waals surface area contributed by atoms with Crippen molar-refractivity contribution in [2.24, 2.45) is 0 Å². The number of aromatic nitrogens is 1. The largest absolute Gasteiger partial charge is 0.313 e. The van der Waals surface area contributed by atoms with Crippen molar-refractivity contribution in [2.45, 2.75) is 45.1 Å². The first-order valence-electron chi connectivity index (χ1n) is 7.69. The Morgan fingerprint density at radius 2 is 2.16 bits per heavy atom. The van der Waals surface area contributed by atoms with Gasteiger partial charge in [-0.3, -0.25) is 4.98 Å². The Bertz CT molecular complexity index is 333. The molecule has 1 unspecified atom stereocenters. The molecule has 0 radical (unpaired) electrons. The molecule has 1 aromatic heterocycles. The number of rotatable bonds is 7. The number of aryl methyl sites for hydroxylation is 1. The molecule has 1 aromatic rings. The van der Waals surface area contributed by atoms with Crippen LogP contribution < -0.4 is 5.32 Å². The minimum Gasteiger partial charge on any atom is -0.313 e. The fraction of sp³-hybridized carbons (Fsp3) is 0.688. The Labute approximate surface area is 117 Å². The molecule has 1 atom stereocenters. The topological polar surface area (TPSA) is 28.2 Å². The molecule has 0 spiro atoms. The van der Waals surface area contributed by atoms with Crippen LogP contribution in [0.1, 0.15) is 38.2 Å². The lowest BCUT2D eigenvalue weighted by Gasteiger charge is -2.29. The van der Waals surface area contributed by atoms with Crippen molar-refractivity contribution in [1.29, 1.82) is 0 Å². The van der Waals surface area contributed by atoms with Crippen LogP contribution in [0.5, 0.6) is 0 Å². The Balaban J connectivity index is 1.55. The third kappa shape index (κ3) is 5.70. The third-order valence-corrected chi connectivity index (χ3v) is 3.84. The fourth-order valence-electron chi connectivity index (χ4n) is 2.78. The molecule has 0 saturated carbocycles. The van der Waals surface area contributed by atoms with Crippen LogP contribution in [-0.4, -0.2) is 42.1 Å². The minimum atomic E-state index is 0.604. The monoisotopic (exact) mass is 261 g/mol. The first kappa shape index (κ1) is 14.5. The fourth-order valence-corrected chi connectivity index (χ4v) is 2.78. The smallest absolute Gasteiger partial charge is 0.0299 e. The van der Waals surface area contributed by atoms with E-state index in [1.165, 1.54) is 50.9 Å². The van der Waals surface area contributed by atoms with Crippen LogP contribution in [0.4, 0.5) is 0 Å². The van der Waals surface area contributed by atoms with Crippen LogP contribution in [0.2, 0.25) is 0 Å². The highest BCUT2D eigenvalue weighted by molar-refractivity contribution is 5.08. The molecule has 3 nitrogen and oxygen atoms in total. The lowest BCUT2D eigenvalue weighted by Crippen LogP contribution is -2.41. The summed E-state index contributed by atoms with van der Waals surface area (Å²) in [6.07, 6.45) is 10.3. The van der Waals surface area contributed by atoms with Gasteiger partial charge in [0.05, 0.1) is 0 Å². The summed E-state index contributed by atoms with van der Waals surface area (Å²) in [6, 6.07) is 4.78. The second kappa shape index (κ2) is 8.28. The van der Waals surface area contributed by atoms with Crippen molar-refractivity contribution in [1.82, 2.24) is 15.2 Å². The summed E-state index contributed by atoms with van der Waals surface area (Å²) < 4.78 is 0. The molecule has 2 rings (SSSR count). The van der Waals surface area contributed by atoms with Crippen LogP contribution in [0, 0.1) is 0 Å². The van der Waals surface area contributed by atoms with E-state index in [0.717, 1.165) is 13.0 Å². The average molecular weight is 261 g/mol. The van der Waals surface area contributed by atoms with E-state index in [2.05, 4.69) is 28.2 Å². The van der Waals surface area contributed by atoms with Crippen molar-refractivity contribution in [3.05, 3.63) is 30.1 Å². The summed E-state index contributed by atoms with van der Waals surface area (Å²) in [5.41, 5.74) is 1.34.